The van der Waals surface area contributed by atoms with Gasteiger partial charge in [0, 0.05) is 20.0 Å². The SMILES string of the molecule is CCCNC1(C#N)CCN(C(C)=O)CC1. The summed E-state index contributed by atoms with van der Waals surface area (Å²) < 4.78 is 0. The van der Waals surface area contributed by atoms with Crippen molar-refractivity contribution in [2.24, 2.45) is 0 Å². The molecule has 0 aromatic rings. The summed E-state index contributed by atoms with van der Waals surface area (Å²) >= 11 is 0. The van der Waals surface area contributed by atoms with E-state index in [-0.39, 0.29) is 5.91 Å². The van der Waals surface area contributed by atoms with Crippen LogP contribution in [0.3, 0.4) is 0 Å². The summed E-state index contributed by atoms with van der Waals surface area (Å²) in [4.78, 5) is 12.9. The Hall–Kier alpha value is -1.08. The fraction of sp³-hybridized carbons (Fsp3) is 0.818. The van der Waals surface area contributed by atoms with Gasteiger partial charge < -0.3 is 4.90 Å². The maximum Gasteiger partial charge on any atom is 0.219 e. The summed E-state index contributed by atoms with van der Waals surface area (Å²) in [5.41, 5.74) is -0.401. The highest BCUT2D eigenvalue weighted by molar-refractivity contribution is 5.73. The number of piperidine rings is 1. The standard InChI is InChI=1S/C11H19N3O/c1-3-6-13-11(9-12)4-7-14(8-5-11)10(2)15/h13H,3-8H2,1-2H3. The maximum absolute atomic E-state index is 11.1. The van der Waals surface area contributed by atoms with E-state index in [2.05, 4.69) is 18.3 Å². The largest absolute Gasteiger partial charge is 0.343 e. The lowest BCUT2D eigenvalue weighted by atomic mass is 9.89. The number of likely N-dealkylation sites (tertiary alicyclic amines) is 1. The highest BCUT2D eigenvalue weighted by Crippen LogP contribution is 2.21. The van der Waals surface area contributed by atoms with E-state index in [0.29, 0.717) is 13.1 Å². The van der Waals surface area contributed by atoms with Gasteiger partial charge in [-0.25, -0.2) is 0 Å². The molecule has 1 aliphatic heterocycles. The molecule has 1 aliphatic rings. The third-order valence-electron chi connectivity index (χ3n) is 2.99. The van der Waals surface area contributed by atoms with Gasteiger partial charge in [0.15, 0.2) is 0 Å². The van der Waals surface area contributed by atoms with Crippen molar-refractivity contribution in [3.05, 3.63) is 0 Å². The van der Waals surface area contributed by atoms with Crippen LogP contribution in [0.25, 0.3) is 0 Å². The molecule has 4 heteroatoms. The van der Waals surface area contributed by atoms with Crippen molar-refractivity contribution in [3.63, 3.8) is 0 Å². The van der Waals surface area contributed by atoms with Gasteiger partial charge in [0.25, 0.3) is 0 Å². The molecule has 0 atom stereocenters. The van der Waals surface area contributed by atoms with Crippen LogP contribution >= 0.6 is 0 Å². The lowest BCUT2D eigenvalue weighted by molar-refractivity contribution is -0.130. The Bertz CT molecular complexity index is 261. The summed E-state index contributed by atoms with van der Waals surface area (Å²) in [6, 6.07) is 2.36. The minimum absolute atomic E-state index is 0.108. The van der Waals surface area contributed by atoms with Crippen LogP contribution in [0, 0.1) is 11.3 Å². The molecule has 1 saturated heterocycles. The predicted octanol–water partition coefficient (Wildman–Crippen LogP) is 0.891. The van der Waals surface area contributed by atoms with Crippen molar-refractivity contribution in [1.29, 1.82) is 5.26 Å². The van der Waals surface area contributed by atoms with Crippen molar-refractivity contribution in [2.75, 3.05) is 19.6 Å². The summed E-state index contributed by atoms with van der Waals surface area (Å²) in [6.45, 7) is 5.93. The number of carbonyl (C=O) groups excluding carboxylic acids is 1. The fourth-order valence-corrected chi connectivity index (χ4v) is 1.90. The first-order chi connectivity index (χ1) is 7.13. The van der Waals surface area contributed by atoms with Crippen LogP contribution in [-0.2, 0) is 4.79 Å². The van der Waals surface area contributed by atoms with Crippen LogP contribution in [0.15, 0.2) is 0 Å². The van der Waals surface area contributed by atoms with E-state index in [9.17, 15) is 10.1 Å². The second-order valence-electron chi connectivity index (χ2n) is 4.13. The van der Waals surface area contributed by atoms with Crippen LogP contribution in [0.1, 0.15) is 33.1 Å². The molecule has 0 radical (unpaired) electrons. The van der Waals surface area contributed by atoms with Crippen molar-refractivity contribution in [3.8, 4) is 6.07 Å². The Balaban J connectivity index is 2.51. The zero-order chi connectivity index (χ0) is 11.3. The molecule has 1 N–H and O–H groups in total. The molecule has 84 valence electrons. The first-order valence-corrected chi connectivity index (χ1v) is 5.55. The number of nitriles is 1. The minimum Gasteiger partial charge on any atom is -0.343 e. The first kappa shape index (κ1) is 12.0. The van der Waals surface area contributed by atoms with Gasteiger partial charge in [-0.05, 0) is 25.8 Å². The van der Waals surface area contributed by atoms with Crippen molar-refractivity contribution in [2.45, 2.75) is 38.6 Å². The quantitative estimate of drug-likeness (QED) is 0.751. The Morgan fingerprint density at radius 1 is 1.53 bits per heavy atom. The fourth-order valence-electron chi connectivity index (χ4n) is 1.90. The van der Waals surface area contributed by atoms with Crippen LogP contribution in [0.2, 0.25) is 0 Å². The molecule has 1 amide bonds. The van der Waals surface area contributed by atoms with E-state index < -0.39 is 5.54 Å². The molecular formula is C11H19N3O. The molecule has 4 nitrogen and oxygen atoms in total. The van der Waals surface area contributed by atoms with Crippen molar-refractivity contribution < 1.29 is 4.79 Å². The third kappa shape index (κ3) is 2.93. The Labute approximate surface area is 91.2 Å². The van der Waals surface area contributed by atoms with Crippen molar-refractivity contribution >= 4 is 5.91 Å². The van der Waals surface area contributed by atoms with Crippen LogP contribution in [0.5, 0.6) is 0 Å². The van der Waals surface area contributed by atoms with Gasteiger partial charge in [-0.3, -0.25) is 10.1 Å². The van der Waals surface area contributed by atoms with Crippen LogP contribution in [0.4, 0.5) is 0 Å². The minimum atomic E-state index is -0.401. The van der Waals surface area contributed by atoms with E-state index >= 15 is 0 Å². The van der Waals surface area contributed by atoms with E-state index in [4.69, 9.17) is 0 Å². The number of nitrogens with zero attached hydrogens (tertiary/aromatic N) is 2. The van der Waals surface area contributed by atoms with Gasteiger partial charge >= 0.3 is 0 Å². The average Bonchev–Trinajstić information content (AvgIpc) is 2.27. The van der Waals surface area contributed by atoms with E-state index in [1.54, 1.807) is 6.92 Å². The number of hydrogen-bond donors (Lipinski definition) is 1. The first-order valence-electron chi connectivity index (χ1n) is 5.55. The Morgan fingerprint density at radius 2 is 2.13 bits per heavy atom. The molecule has 1 heterocycles. The average molecular weight is 209 g/mol. The van der Waals surface area contributed by atoms with E-state index in [1.165, 1.54) is 0 Å². The molecule has 0 aliphatic carbocycles. The third-order valence-corrected chi connectivity index (χ3v) is 2.99. The summed E-state index contributed by atoms with van der Waals surface area (Å²) in [5, 5.41) is 12.5. The van der Waals surface area contributed by atoms with Crippen LogP contribution in [-0.4, -0.2) is 36.0 Å². The predicted molar refractivity (Wildman–Crippen MR) is 58.1 cm³/mol. The highest BCUT2D eigenvalue weighted by Gasteiger charge is 2.34. The number of carbonyl (C=O) groups is 1. The molecule has 15 heavy (non-hydrogen) atoms. The molecule has 1 rings (SSSR count). The molecular weight excluding hydrogens is 190 g/mol. The maximum atomic E-state index is 11.1. The summed E-state index contributed by atoms with van der Waals surface area (Å²) in [5.74, 6) is 0.108. The van der Waals surface area contributed by atoms with Crippen molar-refractivity contribution in [1.82, 2.24) is 10.2 Å². The normalized spacial score (nSPS) is 19.7. The highest BCUT2D eigenvalue weighted by atomic mass is 16.2. The molecule has 0 saturated carbocycles. The lowest BCUT2D eigenvalue weighted by Gasteiger charge is -2.37. The second-order valence-corrected chi connectivity index (χ2v) is 4.13. The molecule has 0 spiro atoms. The zero-order valence-electron chi connectivity index (χ0n) is 9.55. The van der Waals surface area contributed by atoms with E-state index in [0.717, 1.165) is 25.8 Å². The Morgan fingerprint density at radius 3 is 2.53 bits per heavy atom. The van der Waals surface area contributed by atoms with Gasteiger partial charge in [0.2, 0.25) is 5.91 Å². The van der Waals surface area contributed by atoms with Gasteiger partial charge in [0.05, 0.1) is 6.07 Å². The lowest BCUT2D eigenvalue weighted by Crippen LogP contribution is -2.53. The van der Waals surface area contributed by atoms with Gasteiger partial charge in [-0.15, -0.1) is 0 Å². The molecule has 0 aromatic carbocycles. The van der Waals surface area contributed by atoms with Gasteiger partial charge in [-0.1, -0.05) is 6.92 Å². The molecule has 1 fully saturated rings. The van der Waals surface area contributed by atoms with Crippen LogP contribution < -0.4 is 5.32 Å². The summed E-state index contributed by atoms with van der Waals surface area (Å²) in [7, 11) is 0. The Kier molecular flexibility index (Phi) is 4.10. The number of hydrogen-bond acceptors (Lipinski definition) is 3. The topological polar surface area (TPSA) is 56.1 Å². The van der Waals surface area contributed by atoms with Gasteiger partial charge in [0.1, 0.15) is 5.54 Å². The number of amides is 1. The molecule has 0 aromatic heterocycles. The molecule has 0 unspecified atom stereocenters. The monoisotopic (exact) mass is 209 g/mol. The van der Waals surface area contributed by atoms with Gasteiger partial charge in [-0.2, -0.15) is 5.26 Å². The number of rotatable bonds is 3. The van der Waals surface area contributed by atoms with E-state index in [1.807, 2.05) is 4.90 Å². The smallest absolute Gasteiger partial charge is 0.219 e. The number of nitrogens with one attached hydrogen (secondary N) is 1. The second kappa shape index (κ2) is 5.13. The summed E-state index contributed by atoms with van der Waals surface area (Å²) in [6.07, 6.45) is 2.51. The zero-order valence-corrected chi connectivity index (χ0v) is 9.55. The molecule has 0 bridgehead atoms.